The summed E-state index contributed by atoms with van der Waals surface area (Å²) in [7, 11) is 0. The van der Waals surface area contributed by atoms with Gasteiger partial charge in [0.15, 0.2) is 0 Å². The van der Waals surface area contributed by atoms with Gasteiger partial charge in [0.1, 0.15) is 5.60 Å². The van der Waals surface area contributed by atoms with Crippen LogP contribution in [0.3, 0.4) is 0 Å². The number of hydrogen-bond acceptors (Lipinski definition) is 4. The molecule has 0 bridgehead atoms. The van der Waals surface area contributed by atoms with E-state index in [9.17, 15) is 0 Å². The number of epoxide rings is 1. The first kappa shape index (κ1) is 20.2. The SMILES string of the molecule is C[C@]12CCC(SCCCN)CC1CC[C@@H]1[C@H]2CC[C@]2(C)C(c3ccoc3)CC3O[C@]312. The Labute approximate surface area is 186 Å². The topological polar surface area (TPSA) is 51.7 Å². The van der Waals surface area contributed by atoms with Crippen molar-refractivity contribution >= 4 is 11.8 Å². The highest BCUT2D eigenvalue weighted by atomic mass is 32.2. The highest BCUT2D eigenvalue weighted by Crippen LogP contribution is 2.78. The van der Waals surface area contributed by atoms with Crippen LogP contribution in [0.15, 0.2) is 23.0 Å². The smallest absolute Gasteiger partial charge is 0.104 e. The molecule has 4 saturated carbocycles. The predicted molar refractivity (Wildman–Crippen MR) is 123 cm³/mol. The molecule has 5 aliphatic rings. The van der Waals surface area contributed by atoms with Gasteiger partial charge in [-0.05, 0) is 111 Å². The van der Waals surface area contributed by atoms with Gasteiger partial charge in [0.2, 0.25) is 0 Å². The highest BCUT2D eigenvalue weighted by Gasteiger charge is 2.80. The largest absolute Gasteiger partial charge is 0.472 e. The van der Waals surface area contributed by atoms with Gasteiger partial charge < -0.3 is 14.9 Å². The van der Waals surface area contributed by atoms with Gasteiger partial charge >= 0.3 is 0 Å². The standard InChI is InChI=1S/C26H39NO2S/c1-24-9-6-19(30-13-3-11-27)14-18(24)4-5-21-20(24)7-10-25(2)22(17-8-12-28-16-17)15-23-26(21,25)29-23/h8,12,16,18-23H,3-7,9-11,13-15,27H2,1-2H3/t18?,19?,20-,21-,22?,23?,24+,25-,26+/m1/s1. The summed E-state index contributed by atoms with van der Waals surface area (Å²) in [6.45, 7) is 6.08. The Morgan fingerprint density at radius 1 is 1.10 bits per heavy atom. The van der Waals surface area contributed by atoms with E-state index in [0.29, 0.717) is 22.9 Å². The van der Waals surface area contributed by atoms with E-state index in [-0.39, 0.29) is 5.60 Å². The van der Waals surface area contributed by atoms with Gasteiger partial charge in [0.05, 0.1) is 18.6 Å². The van der Waals surface area contributed by atoms with E-state index >= 15 is 0 Å². The van der Waals surface area contributed by atoms with E-state index in [0.717, 1.165) is 29.5 Å². The summed E-state index contributed by atoms with van der Waals surface area (Å²) in [6, 6.07) is 2.21. The quantitative estimate of drug-likeness (QED) is 0.461. The second-order valence-electron chi connectivity index (χ2n) is 11.6. The number of nitrogens with two attached hydrogens (primary N) is 1. The van der Waals surface area contributed by atoms with Gasteiger partial charge in [0, 0.05) is 10.7 Å². The summed E-state index contributed by atoms with van der Waals surface area (Å²) >= 11 is 2.21. The predicted octanol–water partition coefficient (Wildman–Crippen LogP) is 5.99. The highest BCUT2D eigenvalue weighted by molar-refractivity contribution is 7.99. The molecule has 2 N–H and O–H groups in total. The molecule has 1 aliphatic heterocycles. The second-order valence-corrected chi connectivity index (χ2v) is 13.0. The Morgan fingerprint density at radius 2 is 2.00 bits per heavy atom. The lowest BCUT2D eigenvalue weighted by atomic mass is 9.44. The minimum atomic E-state index is 0.165. The zero-order valence-electron chi connectivity index (χ0n) is 18.8. The molecule has 1 aromatic heterocycles. The Balaban J connectivity index is 1.23. The molecule has 6 rings (SSSR count). The lowest BCUT2D eigenvalue weighted by molar-refractivity contribution is -0.126. The molecular formula is C26H39NO2S. The summed E-state index contributed by atoms with van der Waals surface area (Å²) < 4.78 is 12.2. The van der Waals surface area contributed by atoms with Crippen molar-refractivity contribution in [2.45, 2.75) is 94.5 Å². The maximum Gasteiger partial charge on any atom is 0.104 e. The molecule has 5 fully saturated rings. The van der Waals surface area contributed by atoms with Crippen molar-refractivity contribution < 1.29 is 9.15 Å². The summed E-state index contributed by atoms with van der Waals surface area (Å²) in [5, 5.41) is 0.875. The van der Waals surface area contributed by atoms with E-state index in [1.807, 2.05) is 12.5 Å². The van der Waals surface area contributed by atoms with Gasteiger partial charge in [0.25, 0.3) is 0 Å². The fourth-order valence-corrected chi connectivity index (χ4v) is 10.4. The number of ether oxygens (including phenoxy) is 1. The first-order chi connectivity index (χ1) is 14.5. The van der Waals surface area contributed by atoms with Crippen LogP contribution in [-0.2, 0) is 4.74 Å². The lowest BCUT2D eigenvalue weighted by Gasteiger charge is -2.61. The third-order valence-corrected chi connectivity index (χ3v) is 12.1. The van der Waals surface area contributed by atoms with E-state index in [1.165, 1.54) is 69.1 Å². The molecule has 4 unspecified atom stereocenters. The van der Waals surface area contributed by atoms with Crippen LogP contribution >= 0.6 is 11.8 Å². The molecule has 1 saturated heterocycles. The van der Waals surface area contributed by atoms with Crippen LogP contribution in [0.25, 0.3) is 0 Å². The van der Waals surface area contributed by atoms with Crippen LogP contribution < -0.4 is 5.73 Å². The number of rotatable bonds is 5. The second kappa shape index (κ2) is 7.02. The first-order valence-electron chi connectivity index (χ1n) is 12.5. The minimum Gasteiger partial charge on any atom is -0.472 e. The van der Waals surface area contributed by atoms with E-state index in [1.54, 1.807) is 0 Å². The summed E-state index contributed by atoms with van der Waals surface area (Å²) in [5.74, 6) is 4.44. The molecule has 2 heterocycles. The molecule has 0 amide bonds. The fraction of sp³-hybridized carbons (Fsp3) is 0.846. The zero-order chi connectivity index (χ0) is 20.6. The summed E-state index contributed by atoms with van der Waals surface area (Å²) in [5.41, 5.74) is 8.14. The molecule has 0 aromatic carbocycles. The molecule has 0 radical (unpaired) electrons. The Hall–Kier alpha value is -0.450. The van der Waals surface area contributed by atoms with Crippen molar-refractivity contribution in [2.75, 3.05) is 12.3 Å². The zero-order valence-corrected chi connectivity index (χ0v) is 19.6. The van der Waals surface area contributed by atoms with E-state index in [4.69, 9.17) is 14.9 Å². The number of furan rings is 1. The monoisotopic (exact) mass is 429 g/mol. The van der Waals surface area contributed by atoms with Crippen LogP contribution in [0.4, 0.5) is 0 Å². The molecule has 4 heteroatoms. The molecule has 4 aliphatic carbocycles. The van der Waals surface area contributed by atoms with Crippen LogP contribution in [0.5, 0.6) is 0 Å². The molecule has 166 valence electrons. The van der Waals surface area contributed by atoms with Crippen LogP contribution in [0.2, 0.25) is 0 Å². The Morgan fingerprint density at radius 3 is 2.80 bits per heavy atom. The average molecular weight is 430 g/mol. The summed E-state index contributed by atoms with van der Waals surface area (Å²) in [4.78, 5) is 0. The first-order valence-corrected chi connectivity index (χ1v) is 13.6. The number of hydrogen-bond donors (Lipinski definition) is 1. The van der Waals surface area contributed by atoms with Crippen LogP contribution in [-0.4, -0.2) is 29.3 Å². The van der Waals surface area contributed by atoms with Crippen molar-refractivity contribution in [1.29, 1.82) is 0 Å². The van der Waals surface area contributed by atoms with E-state index in [2.05, 4.69) is 31.7 Å². The third-order valence-electron chi connectivity index (χ3n) is 10.7. The number of fused-ring (bicyclic) bond motifs is 3. The third kappa shape index (κ3) is 2.59. The van der Waals surface area contributed by atoms with Gasteiger partial charge in [-0.2, -0.15) is 11.8 Å². The number of thioether (sulfide) groups is 1. The normalized spacial score (nSPS) is 51.6. The van der Waals surface area contributed by atoms with Gasteiger partial charge in [-0.25, -0.2) is 0 Å². The maximum atomic E-state index is 6.71. The van der Waals surface area contributed by atoms with Gasteiger partial charge in [-0.15, -0.1) is 0 Å². The van der Waals surface area contributed by atoms with Crippen LogP contribution in [0, 0.1) is 28.6 Å². The van der Waals surface area contributed by atoms with Crippen molar-refractivity contribution in [2.24, 2.45) is 34.3 Å². The summed E-state index contributed by atoms with van der Waals surface area (Å²) in [6.07, 6.45) is 16.6. The maximum absolute atomic E-state index is 6.71. The van der Waals surface area contributed by atoms with E-state index < -0.39 is 0 Å². The average Bonchev–Trinajstić information content (AvgIpc) is 3.09. The van der Waals surface area contributed by atoms with Crippen molar-refractivity contribution in [3.8, 4) is 0 Å². The molecular weight excluding hydrogens is 390 g/mol. The van der Waals surface area contributed by atoms with Crippen molar-refractivity contribution in [1.82, 2.24) is 0 Å². The lowest BCUT2D eigenvalue weighted by Crippen LogP contribution is -2.58. The molecule has 1 spiro atoms. The molecule has 3 nitrogen and oxygen atoms in total. The van der Waals surface area contributed by atoms with Gasteiger partial charge in [-0.1, -0.05) is 13.8 Å². The Kier molecular flexibility index (Phi) is 4.72. The fourth-order valence-electron chi connectivity index (χ4n) is 9.11. The Bertz CT molecular complexity index is 782. The molecule has 9 atom stereocenters. The minimum absolute atomic E-state index is 0.165. The van der Waals surface area contributed by atoms with Gasteiger partial charge in [-0.3, -0.25) is 0 Å². The van der Waals surface area contributed by atoms with Crippen molar-refractivity contribution in [3.63, 3.8) is 0 Å². The molecule has 30 heavy (non-hydrogen) atoms. The van der Waals surface area contributed by atoms with Crippen molar-refractivity contribution in [3.05, 3.63) is 24.2 Å². The van der Waals surface area contributed by atoms with Crippen LogP contribution in [0.1, 0.15) is 83.1 Å². The molecule has 1 aromatic rings.